The smallest absolute Gasteiger partial charge is 0.337 e. The third-order valence-electron chi connectivity index (χ3n) is 9.00. The monoisotopic (exact) mass is 776 g/mol. The zero-order valence-corrected chi connectivity index (χ0v) is 31.4. The Kier molecular flexibility index (Phi) is 11.7. The number of methoxy groups -OCH3 is 2. The van der Waals surface area contributed by atoms with Crippen LogP contribution in [0.3, 0.4) is 0 Å². The van der Waals surface area contributed by atoms with Crippen molar-refractivity contribution in [1.82, 2.24) is 50.6 Å². The third kappa shape index (κ3) is 9.49. The van der Waals surface area contributed by atoms with Crippen LogP contribution in [0.15, 0.2) is 122 Å². The van der Waals surface area contributed by atoms with Crippen LogP contribution in [-0.4, -0.2) is 77.9 Å². The van der Waals surface area contributed by atoms with E-state index in [2.05, 4.69) is 41.2 Å². The number of aromatic nitrogens is 8. The van der Waals surface area contributed by atoms with Crippen LogP contribution in [0, 0.1) is 0 Å². The zero-order chi connectivity index (χ0) is 40.4. The lowest BCUT2D eigenvalue weighted by Crippen LogP contribution is -2.25. The molecule has 2 amide bonds. The Morgan fingerprint density at radius 2 is 0.983 bits per heavy atom. The van der Waals surface area contributed by atoms with E-state index in [9.17, 15) is 19.2 Å². The minimum absolute atomic E-state index is 0.248. The maximum Gasteiger partial charge on any atom is 0.337 e. The Bertz CT molecular complexity index is 2380. The van der Waals surface area contributed by atoms with Gasteiger partial charge < -0.3 is 20.1 Å². The van der Waals surface area contributed by atoms with Crippen molar-refractivity contribution in [3.63, 3.8) is 0 Å². The van der Waals surface area contributed by atoms with Gasteiger partial charge >= 0.3 is 11.9 Å². The van der Waals surface area contributed by atoms with E-state index in [0.29, 0.717) is 46.7 Å². The lowest BCUT2D eigenvalue weighted by molar-refractivity contribution is 0.0592. The van der Waals surface area contributed by atoms with Crippen LogP contribution in [0.25, 0.3) is 22.5 Å². The number of rotatable bonds is 14. The van der Waals surface area contributed by atoms with Gasteiger partial charge in [0.05, 0.1) is 50.8 Å². The Balaban J connectivity index is 0.867. The molecular formula is C42H36N10O6. The summed E-state index contributed by atoms with van der Waals surface area (Å²) in [4.78, 5) is 57.9. The highest BCUT2D eigenvalue weighted by atomic mass is 16.5. The van der Waals surface area contributed by atoms with E-state index < -0.39 is 11.9 Å². The molecule has 4 heterocycles. The van der Waals surface area contributed by atoms with Crippen LogP contribution in [-0.2, 0) is 35.7 Å². The van der Waals surface area contributed by atoms with Crippen molar-refractivity contribution in [3.05, 3.63) is 167 Å². The van der Waals surface area contributed by atoms with Crippen LogP contribution >= 0.6 is 0 Å². The summed E-state index contributed by atoms with van der Waals surface area (Å²) in [6.07, 6.45) is 6.71. The summed E-state index contributed by atoms with van der Waals surface area (Å²) in [5, 5.41) is 22.6. The van der Waals surface area contributed by atoms with Crippen molar-refractivity contribution < 1.29 is 28.7 Å². The number of pyridine rings is 2. The molecule has 0 unspecified atom stereocenters. The van der Waals surface area contributed by atoms with Crippen molar-refractivity contribution in [2.45, 2.75) is 26.2 Å². The van der Waals surface area contributed by atoms with E-state index in [1.165, 1.54) is 14.2 Å². The maximum absolute atomic E-state index is 12.9. The largest absolute Gasteiger partial charge is 0.465 e. The summed E-state index contributed by atoms with van der Waals surface area (Å²) < 4.78 is 12.8. The van der Waals surface area contributed by atoms with Crippen LogP contribution < -0.4 is 10.6 Å². The minimum atomic E-state index is -0.397. The fraction of sp³-hybridized carbons (Fsp3) is 0.143. The van der Waals surface area contributed by atoms with Crippen molar-refractivity contribution in [2.24, 2.45) is 0 Å². The Hall–Kier alpha value is -7.88. The highest BCUT2D eigenvalue weighted by Crippen LogP contribution is 2.18. The number of esters is 2. The predicted octanol–water partition coefficient (Wildman–Crippen LogP) is 4.52. The molecule has 0 spiro atoms. The van der Waals surface area contributed by atoms with Gasteiger partial charge in [0.15, 0.2) is 0 Å². The van der Waals surface area contributed by atoms with Crippen molar-refractivity contribution in [2.75, 3.05) is 14.2 Å². The van der Waals surface area contributed by atoms with E-state index in [0.717, 1.165) is 22.3 Å². The molecule has 7 rings (SSSR count). The number of carbonyl (C=O) groups is 4. The Morgan fingerprint density at radius 3 is 1.36 bits per heavy atom. The molecule has 0 aliphatic carbocycles. The van der Waals surface area contributed by atoms with E-state index in [4.69, 9.17) is 9.47 Å². The number of carbonyl (C=O) groups excluding carboxylic acids is 4. The average Bonchev–Trinajstić information content (AvgIpc) is 3.95. The van der Waals surface area contributed by atoms with Gasteiger partial charge in [0.2, 0.25) is 0 Å². The quantitative estimate of drug-likeness (QED) is 0.147. The van der Waals surface area contributed by atoms with E-state index in [-0.39, 0.29) is 36.3 Å². The molecule has 0 aliphatic rings. The van der Waals surface area contributed by atoms with Crippen LogP contribution in [0.2, 0.25) is 0 Å². The fourth-order valence-electron chi connectivity index (χ4n) is 5.87. The summed E-state index contributed by atoms with van der Waals surface area (Å²) in [5.74, 6) is -1.47. The SMILES string of the molecule is COC(=O)c1ccc(Cn2cc(-c3ccc(C(=O)NCc4cccc(CNC(=O)c5ccc(-c6cn(Cc7ccc(C(=O)OC)cc7)nn6)cn5)c4)nc3)nn2)cc1. The van der Waals surface area contributed by atoms with Gasteiger partial charge in [0, 0.05) is 36.6 Å². The third-order valence-corrected chi connectivity index (χ3v) is 9.00. The van der Waals surface area contributed by atoms with Gasteiger partial charge in [0.25, 0.3) is 11.8 Å². The van der Waals surface area contributed by atoms with Crippen molar-refractivity contribution >= 4 is 23.8 Å². The first-order chi connectivity index (χ1) is 28.2. The first-order valence-electron chi connectivity index (χ1n) is 18.0. The van der Waals surface area contributed by atoms with Gasteiger partial charge in [-0.3, -0.25) is 19.6 Å². The number of nitrogens with one attached hydrogen (secondary N) is 2. The molecule has 4 aromatic heterocycles. The number of ether oxygens (including phenoxy) is 2. The topological polar surface area (TPSA) is 198 Å². The first kappa shape index (κ1) is 38.4. The summed E-state index contributed by atoms with van der Waals surface area (Å²) in [6.45, 7) is 1.42. The Labute approximate surface area is 331 Å². The molecule has 0 saturated heterocycles. The summed E-state index contributed by atoms with van der Waals surface area (Å²) in [7, 11) is 2.68. The van der Waals surface area contributed by atoms with Crippen molar-refractivity contribution in [3.8, 4) is 22.5 Å². The van der Waals surface area contributed by atoms with Crippen LogP contribution in [0.4, 0.5) is 0 Å². The Morgan fingerprint density at radius 1 is 0.552 bits per heavy atom. The van der Waals surface area contributed by atoms with Crippen LogP contribution in [0.1, 0.15) is 63.9 Å². The first-order valence-corrected chi connectivity index (χ1v) is 18.0. The maximum atomic E-state index is 12.9. The van der Waals surface area contributed by atoms with E-state index in [1.54, 1.807) is 82.7 Å². The second kappa shape index (κ2) is 17.7. The number of hydrogen-bond acceptors (Lipinski definition) is 12. The molecule has 16 nitrogen and oxygen atoms in total. The summed E-state index contributed by atoms with van der Waals surface area (Å²) >= 11 is 0. The molecule has 2 N–H and O–H groups in total. The predicted molar refractivity (Wildman–Crippen MR) is 209 cm³/mol. The molecule has 7 aromatic rings. The minimum Gasteiger partial charge on any atom is -0.465 e. The van der Waals surface area contributed by atoms with Gasteiger partial charge in [-0.25, -0.2) is 19.0 Å². The summed E-state index contributed by atoms with van der Waals surface area (Å²) in [6, 6.07) is 28.4. The molecule has 0 aliphatic heterocycles. The van der Waals surface area contributed by atoms with Crippen LogP contribution in [0.5, 0.6) is 0 Å². The molecule has 290 valence electrons. The molecule has 0 saturated carbocycles. The zero-order valence-electron chi connectivity index (χ0n) is 31.4. The lowest BCUT2D eigenvalue weighted by Gasteiger charge is -2.09. The average molecular weight is 777 g/mol. The molecular weight excluding hydrogens is 741 g/mol. The van der Waals surface area contributed by atoms with Gasteiger partial charge in [-0.2, -0.15) is 0 Å². The molecule has 0 radical (unpaired) electrons. The van der Waals surface area contributed by atoms with Gasteiger partial charge in [0.1, 0.15) is 22.8 Å². The van der Waals surface area contributed by atoms with Gasteiger partial charge in [-0.15, -0.1) is 10.2 Å². The molecule has 58 heavy (non-hydrogen) atoms. The second-order valence-corrected chi connectivity index (χ2v) is 13.0. The fourth-order valence-corrected chi connectivity index (χ4v) is 5.87. The molecule has 0 atom stereocenters. The number of benzene rings is 3. The number of nitrogens with zero attached hydrogens (tertiary/aromatic N) is 8. The van der Waals surface area contributed by atoms with Crippen molar-refractivity contribution in [1.29, 1.82) is 0 Å². The number of hydrogen-bond donors (Lipinski definition) is 2. The number of amides is 2. The van der Waals surface area contributed by atoms with Gasteiger partial charge in [-0.1, -0.05) is 59.0 Å². The standard InChI is InChI=1S/C42H36N10O6/c1-57-41(55)31-10-6-27(7-11-31)23-51-25-37(47-49-51)33-14-16-35(43-21-33)39(53)45-19-29-4-3-5-30(18-29)20-46-40(54)36-17-15-34(22-44-36)38-26-52(50-48-38)24-28-8-12-32(13-9-28)42(56)58-2/h3-18,21-22,25-26H,19-20,23-24H2,1-2H3,(H,45,53)(H,46,54). The molecule has 3 aromatic carbocycles. The van der Waals surface area contributed by atoms with Gasteiger partial charge in [-0.05, 0) is 70.8 Å². The molecule has 0 bridgehead atoms. The summed E-state index contributed by atoms with van der Waals surface area (Å²) in [5.41, 5.74) is 7.60. The van der Waals surface area contributed by atoms with E-state index >= 15 is 0 Å². The lowest BCUT2D eigenvalue weighted by atomic mass is 10.1. The van der Waals surface area contributed by atoms with E-state index in [1.807, 2.05) is 48.5 Å². The molecule has 16 heteroatoms. The normalized spacial score (nSPS) is 10.8. The molecule has 0 fully saturated rings. The highest BCUT2D eigenvalue weighted by Gasteiger charge is 2.13. The highest BCUT2D eigenvalue weighted by molar-refractivity contribution is 5.93. The second-order valence-electron chi connectivity index (χ2n) is 13.0.